The van der Waals surface area contributed by atoms with Crippen LogP contribution in [0.2, 0.25) is 0 Å². The maximum atomic E-state index is 6.17. The topological polar surface area (TPSA) is 61.0 Å². The summed E-state index contributed by atoms with van der Waals surface area (Å²) in [6.45, 7) is 5.91. The molecule has 0 saturated carbocycles. The summed E-state index contributed by atoms with van der Waals surface area (Å²) < 4.78 is 5.60. The highest BCUT2D eigenvalue weighted by Crippen LogP contribution is 2.21. The zero-order valence-corrected chi connectivity index (χ0v) is 11.5. The van der Waals surface area contributed by atoms with E-state index in [-0.39, 0.29) is 12.1 Å². The maximum absolute atomic E-state index is 6.17. The summed E-state index contributed by atoms with van der Waals surface area (Å²) in [5, 5.41) is 0. The highest BCUT2D eigenvalue weighted by Gasteiger charge is 2.10. The van der Waals surface area contributed by atoms with Crippen LogP contribution in [0.5, 0.6) is 5.75 Å². The molecular formula is C15H19N3O. The van der Waals surface area contributed by atoms with E-state index in [0.717, 1.165) is 22.7 Å². The molecule has 2 N–H and O–H groups in total. The standard InChI is InChI=1S/C15H19N3O/c1-10(2)19-13-6-4-12(5-7-13)15(16)14-9-17-11(3)8-18-14/h4-10,15H,16H2,1-3H3. The molecule has 0 bridgehead atoms. The molecule has 1 aromatic carbocycles. The molecule has 4 nitrogen and oxygen atoms in total. The Kier molecular flexibility index (Phi) is 4.12. The fraction of sp³-hybridized carbons (Fsp3) is 0.333. The smallest absolute Gasteiger partial charge is 0.119 e. The van der Waals surface area contributed by atoms with E-state index in [1.54, 1.807) is 12.4 Å². The van der Waals surface area contributed by atoms with Crippen molar-refractivity contribution in [3.63, 3.8) is 0 Å². The number of ether oxygens (including phenoxy) is 1. The third-order valence-corrected chi connectivity index (χ3v) is 2.73. The normalized spacial score (nSPS) is 12.5. The van der Waals surface area contributed by atoms with Crippen LogP contribution in [0.3, 0.4) is 0 Å². The number of aryl methyl sites for hydroxylation is 1. The number of benzene rings is 1. The number of hydrogen-bond acceptors (Lipinski definition) is 4. The van der Waals surface area contributed by atoms with Crippen LogP contribution < -0.4 is 10.5 Å². The van der Waals surface area contributed by atoms with E-state index >= 15 is 0 Å². The highest BCUT2D eigenvalue weighted by molar-refractivity contribution is 5.32. The molecule has 19 heavy (non-hydrogen) atoms. The Morgan fingerprint density at radius 2 is 1.74 bits per heavy atom. The summed E-state index contributed by atoms with van der Waals surface area (Å²) in [4.78, 5) is 8.52. The van der Waals surface area contributed by atoms with Crippen LogP contribution in [0.4, 0.5) is 0 Å². The van der Waals surface area contributed by atoms with Crippen molar-refractivity contribution in [2.45, 2.75) is 32.9 Å². The summed E-state index contributed by atoms with van der Waals surface area (Å²) in [6.07, 6.45) is 3.62. The van der Waals surface area contributed by atoms with E-state index in [4.69, 9.17) is 10.5 Å². The predicted octanol–water partition coefficient (Wildman–Crippen LogP) is 2.62. The van der Waals surface area contributed by atoms with E-state index < -0.39 is 0 Å². The van der Waals surface area contributed by atoms with Crippen molar-refractivity contribution in [2.24, 2.45) is 5.73 Å². The molecule has 2 rings (SSSR count). The van der Waals surface area contributed by atoms with E-state index in [2.05, 4.69) is 9.97 Å². The zero-order valence-electron chi connectivity index (χ0n) is 11.5. The van der Waals surface area contributed by atoms with Crippen LogP contribution in [0.25, 0.3) is 0 Å². The Morgan fingerprint density at radius 3 is 2.26 bits per heavy atom. The molecule has 0 aliphatic heterocycles. The lowest BCUT2D eigenvalue weighted by Gasteiger charge is -2.13. The molecule has 0 aliphatic carbocycles. The van der Waals surface area contributed by atoms with Crippen LogP contribution in [0, 0.1) is 6.92 Å². The number of rotatable bonds is 4. The molecule has 0 aliphatic rings. The van der Waals surface area contributed by atoms with Gasteiger partial charge in [0.25, 0.3) is 0 Å². The zero-order chi connectivity index (χ0) is 13.8. The van der Waals surface area contributed by atoms with Gasteiger partial charge >= 0.3 is 0 Å². The lowest BCUT2D eigenvalue weighted by molar-refractivity contribution is 0.242. The van der Waals surface area contributed by atoms with Crippen LogP contribution in [0.15, 0.2) is 36.7 Å². The molecule has 0 saturated heterocycles. The van der Waals surface area contributed by atoms with Crippen LogP contribution in [0.1, 0.15) is 36.8 Å². The first kappa shape index (κ1) is 13.5. The molecule has 2 aromatic rings. The minimum atomic E-state index is -0.263. The van der Waals surface area contributed by atoms with Crippen LogP contribution in [-0.2, 0) is 0 Å². The van der Waals surface area contributed by atoms with Crippen LogP contribution >= 0.6 is 0 Å². The second kappa shape index (κ2) is 5.80. The van der Waals surface area contributed by atoms with Crippen molar-refractivity contribution in [3.8, 4) is 5.75 Å². The summed E-state index contributed by atoms with van der Waals surface area (Å²) in [7, 11) is 0. The van der Waals surface area contributed by atoms with Crippen molar-refractivity contribution in [2.75, 3.05) is 0 Å². The molecule has 0 fully saturated rings. The molecule has 1 atom stereocenters. The highest BCUT2D eigenvalue weighted by atomic mass is 16.5. The summed E-state index contributed by atoms with van der Waals surface area (Å²) in [5.74, 6) is 0.848. The van der Waals surface area contributed by atoms with Crippen molar-refractivity contribution < 1.29 is 4.74 Å². The van der Waals surface area contributed by atoms with Gasteiger partial charge in [0, 0.05) is 6.20 Å². The average molecular weight is 257 g/mol. The minimum absolute atomic E-state index is 0.169. The lowest BCUT2D eigenvalue weighted by atomic mass is 10.1. The average Bonchev–Trinajstić information content (AvgIpc) is 2.39. The van der Waals surface area contributed by atoms with Gasteiger partial charge in [-0.3, -0.25) is 9.97 Å². The van der Waals surface area contributed by atoms with E-state index in [9.17, 15) is 0 Å². The maximum Gasteiger partial charge on any atom is 0.119 e. The molecule has 0 spiro atoms. The molecule has 1 heterocycles. The number of aromatic nitrogens is 2. The first-order valence-electron chi connectivity index (χ1n) is 6.37. The van der Waals surface area contributed by atoms with Crippen molar-refractivity contribution in [3.05, 3.63) is 53.6 Å². The Bertz CT molecular complexity index is 520. The Labute approximate surface area is 113 Å². The molecule has 0 radical (unpaired) electrons. The lowest BCUT2D eigenvalue weighted by Crippen LogP contribution is -2.14. The van der Waals surface area contributed by atoms with Gasteiger partial charge in [0.15, 0.2) is 0 Å². The number of nitrogens with zero attached hydrogens (tertiary/aromatic N) is 2. The summed E-state index contributed by atoms with van der Waals surface area (Å²) in [5.41, 5.74) is 8.82. The minimum Gasteiger partial charge on any atom is -0.491 e. The third-order valence-electron chi connectivity index (χ3n) is 2.73. The van der Waals surface area contributed by atoms with E-state index in [1.165, 1.54) is 0 Å². The quantitative estimate of drug-likeness (QED) is 0.914. The summed E-state index contributed by atoms with van der Waals surface area (Å²) in [6, 6.07) is 7.52. The van der Waals surface area contributed by atoms with Gasteiger partial charge in [-0.2, -0.15) is 0 Å². The first-order valence-corrected chi connectivity index (χ1v) is 6.37. The largest absolute Gasteiger partial charge is 0.491 e. The summed E-state index contributed by atoms with van der Waals surface area (Å²) >= 11 is 0. The van der Waals surface area contributed by atoms with E-state index in [1.807, 2.05) is 45.0 Å². The second-order valence-corrected chi connectivity index (χ2v) is 4.80. The van der Waals surface area contributed by atoms with Gasteiger partial charge in [-0.1, -0.05) is 12.1 Å². The van der Waals surface area contributed by atoms with Crippen LogP contribution in [-0.4, -0.2) is 16.1 Å². The Hall–Kier alpha value is -1.94. The molecular weight excluding hydrogens is 238 g/mol. The Balaban J connectivity index is 2.15. The van der Waals surface area contributed by atoms with Crippen molar-refractivity contribution in [1.82, 2.24) is 9.97 Å². The fourth-order valence-electron chi connectivity index (χ4n) is 1.76. The molecule has 1 aromatic heterocycles. The van der Waals surface area contributed by atoms with Gasteiger partial charge < -0.3 is 10.5 Å². The van der Waals surface area contributed by atoms with Gasteiger partial charge in [0.05, 0.1) is 29.7 Å². The Morgan fingerprint density at radius 1 is 1.05 bits per heavy atom. The number of nitrogens with two attached hydrogens (primary N) is 1. The molecule has 4 heteroatoms. The van der Waals surface area contributed by atoms with Gasteiger partial charge in [0.1, 0.15) is 5.75 Å². The third kappa shape index (κ3) is 3.51. The SMILES string of the molecule is Cc1cnc(C(N)c2ccc(OC(C)C)cc2)cn1. The second-order valence-electron chi connectivity index (χ2n) is 4.80. The monoisotopic (exact) mass is 257 g/mol. The molecule has 100 valence electrons. The van der Waals surface area contributed by atoms with Gasteiger partial charge in [-0.05, 0) is 38.5 Å². The van der Waals surface area contributed by atoms with Gasteiger partial charge in [-0.25, -0.2) is 0 Å². The fourth-order valence-corrected chi connectivity index (χ4v) is 1.76. The van der Waals surface area contributed by atoms with Gasteiger partial charge in [-0.15, -0.1) is 0 Å². The molecule has 0 amide bonds. The van der Waals surface area contributed by atoms with Gasteiger partial charge in [0.2, 0.25) is 0 Å². The van der Waals surface area contributed by atoms with Crippen molar-refractivity contribution >= 4 is 0 Å². The first-order chi connectivity index (χ1) is 9.06. The van der Waals surface area contributed by atoms with E-state index in [0.29, 0.717) is 0 Å². The number of hydrogen-bond donors (Lipinski definition) is 1. The van der Waals surface area contributed by atoms with Crippen molar-refractivity contribution in [1.29, 1.82) is 0 Å². The molecule has 1 unspecified atom stereocenters. The predicted molar refractivity (Wildman–Crippen MR) is 75.0 cm³/mol.